The number of hydrogen-bond donors (Lipinski definition) is 1. The first kappa shape index (κ1) is 19.1. The highest BCUT2D eigenvalue weighted by Crippen LogP contribution is 2.17. The van der Waals surface area contributed by atoms with Crippen molar-refractivity contribution in [3.63, 3.8) is 0 Å². The molecule has 0 atom stereocenters. The molecule has 0 aliphatic carbocycles. The highest BCUT2D eigenvalue weighted by Gasteiger charge is 2.06. The Morgan fingerprint density at radius 1 is 1.04 bits per heavy atom. The molecule has 4 nitrogen and oxygen atoms in total. The number of carbonyl (C=O) groups excluding carboxylic acids is 1. The van der Waals surface area contributed by atoms with Crippen LogP contribution in [0.25, 0.3) is 0 Å². The maximum absolute atomic E-state index is 13.1. The van der Waals surface area contributed by atoms with Gasteiger partial charge in [0.15, 0.2) is 11.6 Å². The summed E-state index contributed by atoms with van der Waals surface area (Å²) in [5, 5.41) is 2.54. The fourth-order valence-electron chi connectivity index (χ4n) is 1.95. The summed E-state index contributed by atoms with van der Waals surface area (Å²) >= 11 is 1.58. The quantitative estimate of drug-likeness (QED) is 0.678. The first-order valence-corrected chi connectivity index (χ1v) is 8.83. The van der Waals surface area contributed by atoms with E-state index in [0.29, 0.717) is 12.4 Å². The van der Waals surface area contributed by atoms with E-state index in [-0.39, 0.29) is 18.0 Å². The number of amides is 1. The minimum atomic E-state index is -0.983. The van der Waals surface area contributed by atoms with E-state index in [1.165, 1.54) is 6.07 Å². The number of hydrogen-bond acceptors (Lipinski definition) is 4. The second-order valence-corrected chi connectivity index (χ2v) is 6.29. The van der Waals surface area contributed by atoms with Crippen LogP contribution < -0.4 is 14.8 Å². The van der Waals surface area contributed by atoms with Gasteiger partial charge in [0.2, 0.25) is 5.91 Å². The van der Waals surface area contributed by atoms with Crippen LogP contribution in [0.2, 0.25) is 0 Å². The summed E-state index contributed by atoms with van der Waals surface area (Å²) in [5.74, 6) is 0.723. The van der Waals surface area contributed by atoms with Crippen molar-refractivity contribution in [1.82, 2.24) is 0 Å². The number of methoxy groups -OCH3 is 1. The number of benzene rings is 2. The van der Waals surface area contributed by atoms with Crippen LogP contribution in [0, 0.1) is 11.6 Å². The van der Waals surface area contributed by atoms with Crippen LogP contribution in [-0.2, 0) is 4.79 Å². The van der Waals surface area contributed by atoms with E-state index in [1.54, 1.807) is 18.9 Å². The van der Waals surface area contributed by atoms with Gasteiger partial charge >= 0.3 is 0 Å². The largest absolute Gasteiger partial charge is 0.497 e. The Balaban J connectivity index is 1.58. The van der Waals surface area contributed by atoms with Crippen LogP contribution in [0.15, 0.2) is 42.5 Å². The van der Waals surface area contributed by atoms with Gasteiger partial charge in [0, 0.05) is 29.7 Å². The molecule has 0 aromatic heterocycles. The smallest absolute Gasteiger partial charge is 0.225 e. The molecule has 2 rings (SSSR count). The molecule has 2 aromatic carbocycles. The monoisotopic (exact) mass is 367 g/mol. The molecule has 0 saturated heterocycles. The van der Waals surface area contributed by atoms with Gasteiger partial charge in [-0.3, -0.25) is 4.79 Å². The Bertz CT molecular complexity index is 695. The van der Waals surface area contributed by atoms with Crippen molar-refractivity contribution in [3.8, 4) is 11.5 Å². The third-order valence-electron chi connectivity index (χ3n) is 3.23. The minimum Gasteiger partial charge on any atom is -0.497 e. The number of ether oxygens (including phenoxy) is 2. The highest BCUT2D eigenvalue weighted by molar-refractivity contribution is 7.99. The average Bonchev–Trinajstić information content (AvgIpc) is 2.61. The maximum Gasteiger partial charge on any atom is 0.225 e. The van der Waals surface area contributed by atoms with Gasteiger partial charge in [-0.1, -0.05) is 0 Å². The SMILES string of the molecule is COc1ccc(OCCSCCC(=O)Nc2ccc(F)c(F)c2)cc1. The summed E-state index contributed by atoms with van der Waals surface area (Å²) in [5.41, 5.74) is 0.247. The van der Waals surface area contributed by atoms with Gasteiger partial charge in [-0.05, 0) is 36.4 Å². The summed E-state index contributed by atoms with van der Waals surface area (Å²) in [7, 11) is 1.61. The summed E-state index contributed by atoms with van der Waals surface area (Å²) in [6.45, 7) is 0.530. The van der Waals surface area contributed by atoms with Crippen LogP contribution >= 0.6 is 11.8 Å². The number of halogens is 2. The van der Waals surface area contributed by atoms with Gasteiger partial charge in [0.25, 0.3) is 0 Å². The number of thioether (sulfide) groups is 1. The van der Waals surface area contributed by atoms with E-state index >= 15 is 0 Å². The van der Waals surface area contributed by atoms with E-state index in [0.717, 1.165) is 29.4 Å². The van der Waals surface area contributed by atoms with Crippen molar-refractivity contribution in [2.45, 2.75) is 6.42 Å². The Hall–Kier alpha value is -2.28. The third kappa shape index (κ3) is 6.62. The fraction of sp³-hybridized carbons (Fsp3) is 0.278. The number of nitrogens with one attached hydrogen (secondary N) is 1. The first-order chi connectivity index (χ1) is 12.1. The molecule has 0 bridgehead atoms. The van der Waals surface area contributed by atoms with E-state index in [4.69, 9.17) is 9.47 Å². The molecule has 2 aromatic rings. The highest BCUT2D eigenvalue weighted by atomic mass is 32.2. The molecule has 134 valence electrons. The van der Waals surface area contributed by atoms with Crippen LogP contribution in [0.3, 0.4) is 0 Å². The van der Waals surface area contributed by atoms with Crippen LogP contribution in [-0.4, -0.2) is 31.1 Å². The van der Waals surface area contributed by atoms with Gasteiger partial charge in [0.05, 0.1) is 13.7 Å². The van der Waals surface area contributed by atoms with Gasteiger partial charge in [-0.2, -0.15) is 11.8 Å². The standard InChI is InChI=1S/C18H19F2NO3S/c1-23-14-3-5-15(6-4-14)24-9-11-25-10-8-18(22)21-13-2-7-16(19)17(20)12-13/h2-7,12H,8-11H2,1H3,(H,21,22). The molecule has 0 radical (unpaired) electrons. The predicted octanol–water partition coefficient (Wildman–Crippen LogP) is 4.11. The number of rotatable bonds is 9. The van der Waals surface area contributed by atoms with Crippen LogP contribution in [0.5, 0.6) is 11.5 Å². The molecule has 0 saturated carbocycles. The summed E-state index contributed by atoms with van der Waals surface area (Å²) < 4.78 is 36.5. The Labute approximate surface area is 149 Å². The molecule has 25 heavy (non-hydrogen) atoms. The molecule has 0 unspecified atom stereocenters. The molecule has 1 N–H and O–H groups in total. The number of carbonyl (C=O) groups is 1. The van der Waals surface area contributed by atoms with Crippen LogP contribution in [0.4, 0.5) is 14.5 Å². The molecule has 0 fully saturated rings. The molecule has 0 heterocycles. The predicted molar refractivity (Wildman–Crippen MR) is 95.4 cm³/mol. The zero-order valence-electron chi connectivity index (χ0n) is 13.8. The topological polar surface area (TPSA) is 47.6 Å². The van der Waals surface area contributed by atoms with E-state index in [1.807, 2.05) is 24.3 Å². The minimum absolute atomic E-state index is 0.241. The molecule has 7 heteroatoms. The second kappa shape index (κ2) is 9.88. The summed E-state index contributed by atoms with van der Waals surface area (Å²) in [4.78, 5) is 11.7. The molecular weight excluding hydrogens is 348 g/mol. The zero-order chi connectivity index (χ0) is 18.1. The van der Waals surface area contributed by atoms with E-state index < -0.39 is 11.6 Å². The summed E-state index contributed by atoms with van der Waals surface area (Å²) in [6, 6.07) is 10.6. The number of anilines is 1. The maximum atomic E-state index is 13.1. The van der Waals surface area contributed by atoms with Gasteiger partial charge in [-0.15, -0.1) is 0 Å². The Morgan fingerprint density at radius 2 is 1.76 bits per heavy atom. The summed E-state index contributed by atoms with van der Waals surface area (Å²) in [6.07, 6.45) is 0.284. The Kier molecular flexibility index (Phi) is 7.53. The van der Waals surface area contributed by atoms with Gasteiger partial charge in [-0.25, -0.2) is 8.78 Å². The lowest BCUT2D eigenvalue weighted by molar-refractivity contribution is -0.115. The second-order valence-electron chi connectivity index (χ2n) is 5.06. The van der Waals surface area contributed by atoms with Crippen LogP contribution in [0.1, 0.15) is 6.42 Å². The normalized spacial score (nSPS) is 10.4. The van der Waals surface area contributed by atoms with Crippen molar-refractivity contribution in [3.05, 3.63) is 54.1 Å². The van der Waals surface area contributed by atoms with Crippen molar-refractivity contribution in [1.29, 1.82) is 0 Å². The van der Waals surface area contributed by atoms with Crippen molar-refractivity contribution >= 4 is 23.4 Å². The molecule has 0 aliphatic rings. The lowest BCUT2D eigenvalue weighted by Gasteiger charge is -2.07. The lowest BCUT2D eigenvalue weighted by Crippen LogP contribution is -2.13. The molecular formula is C18H19F2NO3S. The lowest BCUT2D eigenvalue weighted by atomic mass is 10.3. The molecule has 1 amide bonds. The van der Waals surface area contributed by atoms with Gasteiger partial charge < -0.3 is 14.8 Å². The van der Waals surface area contributed by atoms with Crippen molar-refractivity contribution in [2.24, 2.45) is 0 Å². The van der Waals surface area contributed by atoms with Crippen molar-refractivity contribution in [2.75, 3.05) is 30.5 Å². The molecule has 0 aliphatic heterocycles. The molecule has 0 spiro atoms. The fourth-order valence-corrected chi connectivity index (χ4v) is 2.69. The Morgan fingerprint density at radius 3 is 2.44 bits per heavy atom. The van der Waals surface area contributed by atoms with Crippen molar-refractivity contribution < 1.29 is 23.0 Å². The third-order valence-corrected chi connectivity index (χ3v) is 4.18. The zero-order valence-corrected chi connectivity index (χ0v) is 14.6. The first-order valence-electron chi connectivity index (χ1n) is 7.68. The van der Waals surface area contributed by atoms with Gasteiger partial charge in [0.1, 0.15) is 11.5 Å². The van der Waals surface area contributed by atoms with E-state index in [2.05, 4.69) is 5.32 Å². The van der Waals surface area contributed by atoms with E-state index in [9.17, 15) is 13.6 Å². The average molecular weight is 367 g/mol.